The number of aromatic nitrogens is 2. The van der Waals surface area contributed by atoms with E-state index in [2.05, 4.69) is 22.3 Å². The topological polar surface area (TPSA) is 59.2 Å². The first kappa shape index (κ1) is 14.8. The normalized spacial score (nSPS) is 16.0. The summed E-state index contributed by atoms with van der Waals surface area (Å²) in [4.78, 5) is 18.6. The van der Waals surface area contributed by atoms with Crippen LogP contribution in [0.5, 0.6) is 0 Å². The number of benzene rings is 1. The Balaban J connectivity index is 1.47. The van der Waals surface area contributed by atoms with Crippen molar-refractivity contribution in [2.75, 3.05) is 13.1 Å². The summed E-state index contributed by atoms with van der Waals surface area (Å²) < 4.78 is 5.24. The lowest BCUT2D eigenvalue weighted by atomic mass is 9.96. The van der Waals surface area contributed by atoms with Crippen LogP contribution in [-0.4, -0.2) is 34.0 Å². The number of carbonyl (C=O) groups excluding carboxylic acids is 1. The van der Waals surface area contributed by atoms with E-state index in [0.29, 0.717) is 24.1 Å². The molecule has 0 spiro atoms. The van der Waals surface area contributed by atoms with Gasteiger partial charge >= 0.3 is 0 Å². The van der Waals surface area contributed by atoms with Crippen molar-refractivity contribution >= 4 is 5.91 Å². The van der Waals surface area contributed by atoms with Crippen LogP contribution in [0.4, 0.5) is 0 Å². The standard InChI is InChI=1S/C17H21N3O2/c1-13-18-17(22-19-13)15-9-11-20(12-10-15)16(21)8-7-14-5-3-2-4-6-14/h2-6,15H,7-12H2,1H3. The van der Waals surface area contributed by atoms with E-state index in [1.807, 2.05) is 30.0 Å². The summed E-state index contributed by atoms with van der Waals surface area (Å²) in [6.07, 6.45) is 3.19. The van der Waals surface area contributed by atoms with E-state index in [9.17, 15) is 4.79 Å². The second-order valence-corrected chi connectivity index (χ2v) is 5.82. The van der Waals surface area contributed by atoms with Gasteiger partial charge in [0, 0.05) is 25.4 Å². The molecular weight excluding hydrogens is 278 g/mol. The third-order valence-electron chi connectivity index (χ3n) is 4.21. The number of likely N-dealkylation sites (tertiary alicyclic amines) is 1. The molecule has 2 aromatic rings. The minimum Gasteiger partial charge on any atom is -0.343 e. The van der Waals surface area contributed by atoms with Crippen molar-refractivity contribution in [2.45, 2.75) is 38.5 Å². The van der Waals surface area contributed by atoms with Crippen LogP contribution in [0.25, 0.3) is 0 Å². The Morgan fingerprint density at radius 3 is 2.64 bits per heavy atom. The van der Waals surface area contributed by atoms with Crippen LogP contribution >= 0.6 is 0 Å². The van der Waals surface area contributed by atoms with Gasteiger partial charge in [0.2, 0.25) is 11.8 Å². The molecule has 1 aromatic carbocycles. The molecule has 0 unspecified atom stereocenters. The molecular formula is C17H21N3O2. The highest BCUT2D eigenvalue weighted by Gasteiger charge is 2.26. The number of nitrogens with zero attached hydrogens (tertiary/aromatic N) is 3. The summed E-state index contributed by atoms with van der Waals surface area (Å²) >= 11 is 0. The molecule has 0 N–H and O–H groups in total. The van der Waals surface area contributed by atoms with Gasteiger partial charge in [0.25, 0.3) is 0 Å². The van der Waals surface area contributed by atoms with E-state index in [1.165, 1.54) is 5.56 Å². The van der Waals surface area contributed by atoms with Crippen molar-refractivity contribution in [3.63, 3.8) is 0 Å². The summed E-state index contributed by atoms with van der Waals surface area (Å²) in [5.74, 6) is 1.92. The smallest absolute Gasteiger partial charge is 0.229 e. The van der Waals surface area contributed by atoms with Gasteiger partial charge in [0.05, 0.1) is 0 Å². The maximum atomic E-state index is 12.3. The molecule has 0 saturated carbocycles. The van der Waals surface area contributed by atoms with Gasteiger partial charge in [-0.15, -0.1) is 0 Å². The van der Waals surface area contributed by atoms with Crippen molar-refractivity contribution < 1.29 is 9.32 Å². The number of piperidine rings is 1. The van der Waals surface area contributed by atoms with E-state index < -0.39 is 0 Å². The minimum absolute atomic E-state index is 0.240. The van der Waals surface area contributed by atoms with E-state index in [1.54, 1.807) is 0 Å². The lowest BCUT2D eigenvalue weighted by Crippen LogP contribution is -2.38. The van der Waals surface area contributed by atoms with Crippen LogP contribution in [0.3, 0.4) is 0 Å². The highest BCUT2D eigenvalue weighted by atomic mass is 16.5. The fourth-order valence-electron chi connectivity index (χ4n) is 2.91. The number of rotatable bonds is 4. The second-order valence-electron chi connectivity index (χ2n) is 5.82. The summed E-state index contributed by atoms with van der Waals surface area (Å²) in [5, 5.41) is 3.84. The van der Waals surface area contributed by atoms with Crippen LogP contribution in [-0.2, 0) is 11.2 Å². The highest BCUT2D eigenvalue weighted by Crippen LogP contribution is 2.27. The molecule has 2 heterocycles. The maximum Gasteiger partial charge on any atom is 0.229 e. The van der Waals surface area contributed by atoms with E-state index >= 15 is 0 Å². The Kier molecular flexibility index (Phi) is 4.51. The van der Waals surface area contributed by atoms with E-state index in [-0.39, 0.29) is 5.91 Å². The molecule has 3 rings (SSSR count). The van der Waals surface area contributed by atoms with Gasteiger partial charge in [-0.2, -0.15) is 4.98 Å². The Labute approximate surface area is 130 Å². The quantitative estimate of drug-likeness (QED) is 0.871. The van der Waals surface area contributed by atoms with Crippen LogP contribution in [0.2, 0.25) is 0 Å². The van der Waals surface area contributed by atoms with Crippen LogP contribution < -0.4 is 0 Å². The zero-order chi connectivity index (χ0) is 15.4. The third-order valence-corrected chi connectivity index (χ3v) is 4.21. The number of amides is 1. The first-order valence-electron chi connectivity index (χ1n) is 7.84. The molecule has 1 aromatic heterocycles. The SMILES string of the molecule is Cc1noc(C2CCN(C(=O)CCc3ccccc3)CC2)n1. The zero-order valence-electron chi connectivity index (χ0n) is 12.9. The Bertz CT molecular complexity index is 616. The zero-order valence-corrected chi connectivity index (χ0v) is 12.9. The molecule has 1 aliphatic rings. The first-order valence-corrected chi connectivity index (χ1v) is 7.84. The predicted octanol–water partition coefficient (Wildman–Crippen LogP) is 2.72. The summed E-state index contributed by atoms with van der Waals surface area (Å²) in [6, 6.07) is 10.2. The molecule has 1 saturated heterocycles. The maximum absolute atomic E-state index is 12.3. The fourth-order valence-corrected chi connectivity index (χ4v) is 2.91. The molecule has 1 aliphatic heterocycles. The molecule has 116 valence electrons. The lowest BCUT2D eigenvalue weighted by molar-refractivity contribution is -0.132. The van der Waals surface area contributed by atoms with Crippen LogP contribution in [0.1, 0.15) is 42.5 Å². The van der Waals surface area contributed by atoms with Crippen molar-refractivity contribution in [1.29, 1.82) is 0 Å². The van der Waals surface area contributed by atoms with Gasteiger partial charge in [0.15, 0.2) is 5.82 Å². The van der Waals surface area contributed by atoms with Crippen molar-refractivity contribution in [2.24, 2.45) is 0 Å². The van der Waals surface area contributed by atoms with Crippen LogP contribution in [0.15, 0.2) is 34.9 Å². The highest BCUT2D eigenvalue weighted by molar-refractivity contribution is 5.76. The molecule has 0 bridgehead atoms. The van der Waals surface area contributed by atoms with Crippen molar-refractivity contribution in [3.8, 4) is 0 Å². The molecule has 0 aliphatic carbocycles. The molecule has 5 nitrogen and oxygen atoms in total. The van der Waals surface area contributed by atoms with Gasteiger partial charge in [-0.25, -0.2) is 0 Å². The number of hydrogen-bond acceptors (Lipinski definition) is 4. The van der Waals surface area contributed by atoms with E-state index in [0.717, 1.165) is 32.4 Å². The summed E-state index contributed by atoms with van der Waals surface area (Å²) in [6.45, 7) is 3.38. The average molecular weight is 299 g/mol. The fraction of sp³-hybridized carbons (Fsp3) is 0.471. The average Bonchev–Trinajstić information content (AvgIpc) is 3.00. The van der Waals surface area contributed by atoms with E-state index in [4.69, 9.17) is 4.52 Å². The van der Waals surface area contributed by atoms with Crippen molar-refractivity contribution in [3.05, 3.63) is 47.6 Å². The third kappa shape index (κ3) is 3.53. The van der Waals surface area contributed by atoms with Gasteiger partial charge in [0.1, 0.15) is 0 Å². The number of aryl methyl sites for hydroxylation is 2. The number of hydrogen-bond donors (Lipinski definition) is 0. The summed E-state index contributed by atoms with van der Waals surface area (Å²) in [5.41, 5.74) is 1.21. The monoisotopic (exact) mass is 299 g/mol. The lowest BCUT2D eigenvalue weighted by Gasteiger charge is -2.30. The molecule has 5 heteroatoms. The first-order chi connectivity index (χ1) is 10.7. The molecule has 1 amide bonds. The largest absolute Gasteiger partial charge is 0.343 e. The Morgan fingerprint density at radius 2 is 2.00 bits per heavy atom. The second kappa shape index (κ2) is 6.73. The number of carbonyl (C=O) groups is 1. The molecule has 0 atom stereocenters. The molecule has 0 radical (unpaired) electrons. The van der Waals surface area contributed by atoms with Gasteiger partial charge < -0.3 is 9.42 Å². The minimum atomic E-state index is 0.240. The van der Waals surface area contributed by atoms with Crippen LogP contribution in [0, 0.1) is 6.92 Å². The molecule has 22 heavy (non-hydrogen) atoms. The Morgan fingerprint density at radius 1 is 1.27 bits per heavy atom. The van der Waals surface area contributed by atoms with Gasteiger partial charge in [-0.3, -0.25) is 4.79 Å². The van der Waals surface area contributed by atoms with Crippen molar-refractivity contribution in [1.82, 2.24) is 15.0 Å². The Hall–Kier alpha value is -2.17. The van der Waals surface area contributed by atoms with Gasteiger partial charge in [-0.05, 0) is 31.7 Å². The van der Waals surface area contributed by atoms with Gasteiger partial charge in [-0.1, -0.05) is 35.5 Å². The summed E-state index contributed by atoms with van der Waals surface area (Å²) in [7, 11) is 0. The predicted molar refractivity (Wildman–Crippen MR) is 82.4 cm³/mol. The molecule has 1 fully saturated rings.